The lowest BCUT2D eigenvalue weighted by molar-refractivity contribution is 0.0928. The molecule has 3 rings (SSSR count). The molecule has 3 N–H and O–H groups in total. The Morgan fingerprint density at radius 2 is 1.52 bits per heavy atom. The van der Waals surface area contributed by atoms with Gasteiger partial charge < -0.3 is 11.1 Å². The van der Waals surface area contributed by atoms with E-state index in [2.05, 4.69) is 58.8 Å². The standard InChI is InChI=1S/C22H25N3OS/c23-15-21-25-20(16-27-21)22(26)24-19(13-11-17-7-3-1-4-8-17)14-12-18-9-5-2-6-10-18/h1-10,16,19H,11-15,23H2,(H,24,26). The minimum atomic E-state index is -0.114. The molecule has 2 aromatic carbocycles. The van der Waals surface area contributed by atoms with Gasteiger partial charge in [-0.3, -0.25) is 4.79 Å². The third-order valence-corrected chi connectivity index (χ3v) is 5.41. The number of hydrogen-bond donors (Lipinski definition) is 2. The van der Waals surface area contributed by atoms with Crippen LogP contribution in [-0.2, 0) is 19.4 Å². The van der Waals surface area contributed by atoms with E-state index in [1.807, 2.05) is 12.1 Å². The van der Waals surface area contributed by atoms with Crippen LogP contribution in [0.1, 0.15) is 39.5 Å². The highest BCUT2D eigenvalue weighted by molar-refractivity contribution is 7.09. The van der Waals surface area contributed by atoms with Crippen LogP contribution in [0.3, 0.4) is 0 Å². The van der Waals surface area contributed by atoms with Crippen molar-refractivity contribution in [2.24, 2.45) is 5.73 Å². The van der Waals surface area contributed by atoms with E-state index < -0.39 is 0 Å². The van der Waals surface area contributed by atoms with Crippen molar-refractivity contribution in [3.63, 3.8) is 0 Å². The fourth-order valence-corrected chi connectivity index (χ4v) is 3.68. The van der Waals surface area contributed by atoms with Gasteiger partial charge in [0.2, 0.25) is 0 Å². The van der Waals surface area contributed by atoms with E-state index in [4.69, 9.17) is 5.73 Å². The van der Waals surface area contributed by atoms with Crippen LogP contribution < -0.4 is 11.1 Å². The molecule has 3 aromatic rings. The molecule has 0 aliphatic rings. The van der Waals surface area contributed by atoms with E-state index >= 15 is 0 Å². The lowest BCUT2D eigenvalue weighted by atomic mass is 9.99. The molecule has 4 nitrogen and oxygen atoms in total. The topological polar surface area (TPSA) is 68.0 Å². The maximum atomic E-state index is 12.6. The van der Waals surface area contributed by atoms with Gasteiger partial charge in [0.05, 0.1) is 0 Å². The molecule has 27 heavy (non-hydrogen) atoms. The quantitative estimate of drug-likeness (QED) is 0.591. The number of nitrogens with zero attached hydrogens (tertiary/aromatic N) is 1. The van der Waals surface area contributed by atoms with Gasteiger partial charge in [0.15, 0.2) is 0 Å². The van der Waals surface area contributed by atoms with Crippen molar-refractivity contribution in [3.05, 3.63) is 87.9 Å². The van der Waals surface area contributed by atoms with Gasteiger partial charge in [0.25, 0.3) is 5.91 Å². The van der Waals surface area contributed by atoms with Crippen LogP contribution in [0.2, 0.25) is 0 Å². The second-order valence-corrected chi connectivity index (χ2v) is 7.49. The first-order chi connectivity index (χ1) is 13.2. The lowest BCUT2D eigenvalue weighted by Gasteiger charge is -2.18. The normalized spacial score (nSPS) is 10.9. The lowest BCUT2D eigenvalue weighted by Crippen LogP contribution is -2.36. The van der Waals surface area contributed by atoms with Crippen molar-refractivity contribution in [3.8, 4) is 0 Å². The summed E-state index contributed by atoms with van der Waals surface area (Å²) in [5.41, 5.74) is 8.64. The molecule has 0 spiro atoms. The number of hydrogen-bond acceptors (Lipinski definition) is 4. The van der Waals surface area contributed by atoms with E-state index in [-0.39, 0.29) is 11.9 Å². The molecule has 0 fully saturated rings. The van der Waals surface area contributed by atoms with Gasteiger partial charge in [-0.05, 0) is 36.8 Å². The highest BCUT2D eigenvalue weighted by atomic mass is 32.1. The summed E-state index contributed by atoms with van der Waals surface area (Å²) in [5.74, 6) is -0.114. The van der Waals surface area contributed by atoms with Crippen molar-refractivity contribution in [2.45, 2.75) is 38.3 Å². The number of thiazole rings is 1. The molecular formula is C22H25N3OS. The second kappa shape index (κ2) is 10.00. The SMILES string of the molecule is NCc1nc(C(=O)NC(CCc2ccccc2)CCc2ccccc2)cs1. The molecule has 0 unspecified atom stereocenters. The van der Waals surface area contributed by atoms with Crippen LogP contribution >= 0.6 is 11.3 Å². The Labute approximate surface area is 164 Å². The molecule has 0 bridgehead atoms. The largest absolute Gasteiger partial charge is 0.348 e. The predicted molar refractivity (Wildman–Crippen MR) is 111 cm³/mol. The van der Waals surface area contributed by atoms with Crippen molar-refractivity contribution in [1.29, 1.82) is 0 Å². The number of carbonyl (C=O) groups excluding carboxylic acids is 1. The van der Waals surface area contributed by atoms with Crippen LogP contribution in [0, 0.1) is 0 Å². The Bertz CT molecular complexity index is 790. The van der Waals surface area contributed by atoms with Crippen molar-refractivity contribution >= 4 is 17.2 Å². The first-order valence-corrected chi connectivity index (χ1v) is 10.2. The minimum absolute atomic E-state index is 0.0981. The van der Waals surface area contributed by atoms with Gasteiger partial charge in [-0.15, -0.1) is 11.3 Å². The average molecular weight is 380 g/mol. The summed E-state index contributed by atoms with van der Waals surface area (Å²) in [6.45, 7) is 0.364. The molecule has 5 heteroatoms. The Kier molecular flexibility index (Phi) is 7.13. The van der Waals surface area contributed by atoms with Crippen LogP contribution in [0.25, 0.3) is 0 Å². The molecular weight excluding hydrogens is 354 g/mol. The summed E-state index contributed by atoms with van der Waals surface area (Å²) in [6.07, 6.45) is 3.67. The highest BCUT2D eigenvalue weighted by Gasteiger charge is 2.16. The smallest absolute Gasteiger partial charge is 0.270 e. The monoisotopic (exact) mass is 379 g/mol. The van der Waals surface area contributed by atoms with Crippen molar-refractivity contribution in [2.75, 3.05) is 0 Å². The van der Waals surface area contributed by atoms with Crippen LogP contribution in [-0.4, -0.2) is 16.9 Å². The van der Waals surface area contributed by atoms with E-state index in [0.29, 0.717) is 12.2 Å². The molecule has 0 aliphatic heterocycles. The Morgan fingerprint density at radius 3 is 2.00 bits per heavy atom. The van der Waals surface area contributed by atoms with Gasteiger partial charge in [0, 0.05) is 18.0 Å². The molecule has 1 amide bonds. The number of nitrogens with one attached hydrogen (secondary N) is 1. The number of amides is 1. The van der Waals surface area contributed by atoms with Gasteiger partial charge in [-0.25, -0.2) is 4.98 Å². The van der Waals surface area contributed by atoms with Crippen molar-refractivity contribution < 1.29 is 4.79 Å². The maximum Gasteiger partial charge on any atom is 0.270 e. The number of carbonyl (C=O) groups is 1. The molecule has 1 aromatic heterocycles. The van der Waals surface area contributed by atoms with E-state index in [1.54, 1.807) is 5.38 Å². The number of nitrogens with two attached hydrogens (primary N) is 1. The van der Waals surface area contributed by atoms with Gasteiger partial charge >= 0.3 is 0 Å². The summed E-state index contributed by atoms with van der Waals surface area (Å²) in [6, 6.07) is 20.9. The Balaban J connectivity index is 1.63. The molecule has 0 aliphatic carbocycles. The van der Waals surface area contributed by atoms with Gasteiger partial charge in [-0.1, -0.05) is 60.7 Å². The number of benzene rings is 2. The fraction of sp³-hybridized carbons (Fsp3) is 0.273. The average Bonchev–Trinajstić information content (AvgIpc) is 3.21. The maximum absolute atomic E-state index is 12.6. The summed E-state index contributed by atoms with van der Waals surface area (Å²) < 4.78 is 0. The molecule has 0 saturated carbocycles. The zero-order valence-corrected chi connectivity index (χ0v) is 16.1. The van der Waals surface area contributed by atoms with Gasteiger partial charge in [-0.2, -0.15) is 0 Å². The van der Waals surface area contributed by atoms with E-state index in [1.165, 1.54) is 22.5 Å². The zero-order valence-electron chi connectivity index (χ0n) is 15.3. The summed E-state index contributed by atoms with van der Waals surface area (Å²) in [5, 5.41) is 5.74. The second-order valence-electron chi connectivity index (χ2n) is 6.55. The first-order valence-electron chi connectivity index (χ1n) is 9.28. The van der Waals surface area contributed by atoms with E-state index in [9.17, 15) is 4.79 Å². The van der Waals surface area contributed by atoms with Crippen LogP contribution in [0.4, 0.5) is 0 Å². The Hall–Kier alpha value is -2.50. The van der Waals surface area contributed by atoms with Crippen LogP contribution in [0.5, 0.6) is 0 Å². The van der Waals surface area contributed by atoms with Crippen molar-refractivity contribution in [1.82, 2.24) is 10.3 Å². The summed E-state index contributed by atoms with van der Waals surface area (Å²) in [4.78, 5) is 16.9. The number of aromatic nitrogens is 1. The number of rotatable bonds is 9. The van der Waals surface area contributed by atoms with Gasteiger partial charge in [0.1, 0.15) is 10.7 Å². The Morgan fingerprint density at radius 1 is 0.963 bits per heavy atom. The zero-order chi connectivity index (χ0) is 18.9. The first kappa shape index (κ1) is 19.3. The fourth-order valence-electron chi connectivity index (χ4n) is 3.03. The molecule has 0 radical (unpaired) electrons. The third-order valence-electron chi connectivity index (χ3n) is 4.54. The summed E-state index contributed by atoms with van der Waals surface area (Å²) in [7, 11) is 0. The predicted octanol–water partition coefficient (Wildman–Crippen LogP) is 3.97. The number of aryl methyl sites for hydroxylation is 2. The molecule has 0 saturated heterocycles. The molecule has 140 valence electrons. The van der Waals surface area contributed by atoms with E-state index in [0.717, 1.165) is 30.7 Å². The molecule has 0 atom stereocenters. The summed E-state index contributed by atoms with van der Waals surface area (Å²) >= 11 is 1.43. The minimum Gasteiger partial charge on any atom is -0.348 e. The van der Waals surface area contributed by atoms with Crippen LogP contribution in [0.15, 0.2) is 66.0 Å². The highest BCUT2D eigenvalue weighted by Crippen LogP contribution is 2.13. The third kappa shape index (κ3) is 6.01. The molecule has 1 heterocycles.